The number of anilines is 1. The molecule has 1 heterocycles. The van der Waals surface area contributed by atoms with Crippen LogP contribution >= 0.6 is 0 Å². The molecule has 27 heavy (non-hydrogen) atoms. The van der Waals surface area contributed by atoms with Crippen LogP contribution in [0.25, 0.3) is 10.9 Å². The number of halogens is 1. The van der Waals surface area contributed by atoms with Crippen LogP contribution in [0, 0.1) is 5.82 Å². The van der Waals surface area contributed by atoms with Gasteiger partial charge in [0.05, 0.1) is 0 Å². The van der Waals surface area contributed by atoms with Gasteiger partial charge in [-0.05, 0) is 42.0 Å². The van der Waals surface area contributed by atoms with Crippen molar-refractivity contribution in [2.45, 2.75) is 6.61 Å². The molecular formula is C22H17FN2O2. The van der Waals surface area contributed by atoms with Crippen molar-refractivity contribution in [3.63, 3.8) is 0 Å². The summed E-state index contributed by atoms with van der Waals surface area (Å²) in [6.45, 7) is 0.472. The van der Waals surface area contributed by atoms with Crippen LogP contribution in [0.3, 0.4) is 0 Å². The van der Waals surface area contributed by atoms with E-state index in [-0.39, 0.29) is 5.91 Å². The molecule has 0 spiro atoms. The number of hydrogen-bond acceptors (Lipinski definition) is 2. The average molecular weight is 360 g/mol. The third-order valence-corrected chi connectivity index (χ3v) is 4.17. The van der Waals surface area contributed by atoms with Crippen molar-refractivity contribution >= 4 is 22.5 Å². The fourth-order valence-corrected chi connectivity index (χ4v) is 2.82. The zero-order chi connectivity index (χ0) is 18.6. The molecule has 2 N–H and O–H groups in total. The van der Waals surface area contributed by atoms with Crippen molar-refractivity contribution < 1.29 is 13.9 Å². The first-order valence-electron chi connectivity index (χ1n) is 8.54. The lowest BCUT2D eigenvalue weighted by molar-refractivity contribution is 0.102. The Labute approximate surface area is 155 Å². The Bertz CT molecular complexity index is 1090. The molecule has 5 heteroatoms. The number of nitrogens with one attached hydrogen (secondary N) is 2. The first-order chi connectivity index (χ1) is 13.2. The van der Waals surface area contributed by atoms with Crippen LogP contribution in [0.5, 0.6) is 5.75 Å². The molecule has 0 atom stereocenters. The molecule has 0 aliphatic rings. The number of aromatic amines is 1. The highest BCUT2D eigenvalue weighted by Crippen LogP contribution is 2.23. The minimum Gasteiger partial charge on any atom is -0.489 e. The second kappa shape index (κ2) is 7.33. The van der Waals surface area contributed by atoms with E-state index in [0.29, 0.717) is 23.7 Å². The lowest BCUT2D eigenvalue weighted by Gasteiger charge is -2.06. The van der Waals surface area contributed by atoms with Crippen LogP contribution in [0.2, 0.25) is 0 Å². The molecule has 1 aromatic heterocycles. The summed E-state index contributed by atoms with van der Waals surface area (Å²) in [5.74, 6) is -0.0153. The lowest BCUT2D eigenvalue weighted by atomic mass is 10.2. The number of amides is 1. The second-order valence-electron chi connectivity index (χ2n) is 6.17. The van der Waals surface area contributed by atoms with E-state index in [1.807, 2.05) is 48.5 Å². The highest BCUT2D eigenvalue weighted by molar-refractivity contribution is 6.06. The monoisotopic (exact) mass is 360 g/mol. The molecule has 3 aromatic carbocycles. The van der Waals surface area contributed by atoms with Crippen molar-refractivity contribution in [3.8, 4) is 5.75 Å². The molecule has 0 aliphatic heterocycles. The first kappa shape index (κ1) is 16.8. The molecule has 4 nitrogen and oxygen atoms in total. The zero-order valence-electron chi connectivity index (χ0n) is 14.4. The average Bonchev–Trinajstić information content (AvgIpc) is 3.11. The van der Waals surface area contributed by atoms with Crippen LogP contribution in [0.15, 0.2) is 78.9 Å². The number of hydrogen-bond donors (Lipinski definition) is 2. The lowest BCUT2D eigenvalue weighted by Crippen LogP contribution is -2.12. The summed E-state index contributed by atoms with van der Waals surface area (Å²) < 4.78 is 19.1. The SMILES string of the molecule is O=C(Nc1cccc(F)c1)c1cc2ccc(OCc3ccccc3)cc2[nH]1. The maximum absolute atomic E-state index is 13.3. The maximum atomic E-state index is 13.3. The Morgan fingerprint density at radius 3 is 2.63 bits per heavy atom. The second-order valence-corrected chi connectivity index (χ2v) is 6.17. The number of benzene rings is 3. The van der Waals surface area contributed by atoms with Crippen LogP contribution in [0.1, 0.15) is 16.1 Å². The number of aromatic nitrogens is 1. The van der Waals surface area contributed by atoms with Crippen LogP contribution < -0.4 is 10.1 Å². The summed E-state index contributed by atoms with van der Waals surface area (Å²) >= 11 is 0. The van der Waals surface area contributed by atoms with E-state index in [4.69, 9.17) is 4.74 Å². The smallest absolute Gasteiger partial charge is 0.272 e. The summed E-state index contributed by atoms with van der Waals surface area (Å²) in [5.41, 5.74) is 2.68. The van der Waals surface area contributed by atoms with Crippen molar-refractivity contribution in [1.82, 2.24) is 4.98 Å². The number of H-pyrrole nitrogens is 1. The zero-order valence-corrected chi connectivity index (χ0v) is 14.4. The molecule has 0 aliphatic carbocycles. The Morgan fingerprint density at radius 1 is 0.963 bits per heavy atom. The van der Waals surface area contributed by atoms with Gasteiger partial charge in [0.25, 0.3) is 5.91 Å². The van der Waals surface area contributed by atoms with Crippen molar-refractivity contribution in [2.75, 3.05) is 5.32 Å². The van der Waals surface area contributed by atoms with Crippen molar-refractivity contribution in [2.24, 2.45) is 0 Å². The summed E-state index contributed by atoms with van der Waals surface area (Å²) in [5, 5.41) is 3.57. The van der Waals surface area contributed by atoms with Crippen molar-refractivity contribution in [3.05, 3.63) is 95.9 Å². The molecule has 0 saturated heterocycles. The largest absolute Gasteiger partial charge is 0.489 e. The predicted octanol–water partition coefficient (Wildman–Crippen LogP) is 5.14. The number of carbonyl (C=O) groups excluding carboxylic acids is 1. The minimum absolute atomic E-state index is 0.330. The van der Waals surface area contributed by atoms with Crippen LogP contribution in [0.4, 0.5) is 10.1 Å². The summed E-state index contributed by atoms with van der Waals surface area (Å²) in [6.07, 6.45) is 0. The molecule has 0 saturated carbocycles. The molecule has 4 rings (SSSR count). The molecule has 0 unspecified atom stereocenters. The van der Waals surface area contributed by atoms with Gasteiger partial charge >= 0.3 is 0 Å². The van der Waals surface area contributed by atoms with E-state index in [0.717, 1.165) is 16.5 Å². The highest BCUT2D eigenvalue weighted by Gasteiger charge is 2.11. The van der Waals surface area contributed by atoms with E-state index in [1.165, 1.54) is 12.1 Å². The summed E-state index contributed by atoms with van der Waals surface area (Å²) in [4.78, 5) is 15.5. The normalized spacial score (nSPS) is 10.7. The van der Waals surface area contributed by atoms with Gasteiger partial charge in [-0.25, -0.2) is 4.39 Å². The van der Waals surface area contributed by atoms with Gasteiger partial charge in [-0.15, -0.1) is 0 Å². The van der Waals surface area contributed by atoms with Gasteiger partial charge in [-0.1, -0.05) is 36.4 Å². The van der Waals surface area contributed by atoms with Gasteiger partial charge in [0.1, 0.15) is 23.9 Å². The topological polar surface area (TPSA) is 54.1 Å². The fraction of sp³-hybridized carbons (Fsp3) is 0.0455. The fourth-order valence-electron chi connectivity index (χ4n) is 2.82. The van der Waals surface area contributed by atoms with Crippen LogP contribution in [-0.2, 0) is 6.61 Å². The molecule has 0 radical (unpaired) electrons. The molecule has 0 fully saturated rings. The van der Waals surface area contributed by atoms with Crippen LogP contribution in [-0.4, -0.2) is 10.9 Å². The minimum atomic E-state index is -0.398. The van der Waals surface area contributed by atoms with E-state index < -0.39 is 5.82 Å². The molecule has 134 valence electrons. The van der Waals surface area contributed by atoms with E-state index in [9.17, 15) is 9.18 Å². The Morgan fingerprint density at radius 2 is 1.81 bits per heavy atom. The maximum Gasteiger partial charge on any atom is 0.272 e. The van der Waals surface area contributed by atoms with Crippen molar-refractivity contribution in [1.29, 1.82) is 0 Å². The molecule has 4 aromatic rings. The first-order valence-corrected chi connectivity index (χ1v) is 8.54. The van der Waals surface area contributed by atoms with Gasteiger partial charge in [-0.3, -0.25) is 4.79 Å². The Kier molecular flexibility index (Phi) is 4.58. The highest BCUT2D eigenvalue weighted by atomic mass is 19.1. The summed E-state index contributed by atoms with van der Waals surface area (Å²) in [6, 6.07) is 23.1. The van der Waals surface area contributed by atoms with Gasteiger partial charge in [-0.2, -0.15) is 0 Å². The Hall–Kier alpha value is -3.60. The van der Waals surface area contributed by atoms with E-state index in [1.54, 1.807) is 18.2 Å². The number of rotatable bonds is 5. The third-order valence-electron chi connectivity index (χ3n) is 4.17. The van der Waals surface area contributed by atoms with E-state index >= 15 is 0 Å². The number of ether oxygens (including phenoxy) is 1. The number of carbonyl (C=O) groups is 1. The molecule has 1 amide bonds. The van der Waals surface area contributed by atoms with E-state index in [2.05, 4.69) is 10.3 Å². The molecule has 0 bridgehead atoms. The molecular weight excluding hydrogens is 343 g/mol. The van der Waals surface area contributed by atoms with Gasteiger partial charge in [0.2, 0.25) is 0 Å². The van der Waals surface area contributed by atoms with Gasteiger partial charge < -0.3 is 15.0 Å². The predicted molar refractivity (Wildman–Crippen MR) is 103 cm³/mol. The van der Waals surface area contributed by atoms with Gasteiger partial charge in [0.15, 0.2) is 0 Å². The quantitative estimate of drug-likeness (QED) is 0.518. The number of fused-ring (bicyclic) bond motifs is 1. The van der Waals surface area contributed by atoms with Gasteiger partial charge in [0, 0.05) is 22.7 Å². The summed E-state index contributed by atoms with van der Waals surface area (Å²) in [7, 11) is 0. The Balaban J connectivity index is 1.49. The standard InChI is InChI=1S/C22H17FN2O2/c23-17-7-4-8-18(12-17)24-22(26)21-11-16-9-10-19(13-20(16)25-21)27-14-15-5-2-1-3-6-15/h1-13,25H,14H2,(H,24,26). The third kappa shape index (κ3) is 3.98.